The van der Waals surface area contributed by atoms with Crippen molar-refractivity contribution in [2.75, 3.05) is 27.7 Å². The summed E-state index contributed by atoms with van der Waals surface area (Å²) in [6, 6.07) is 12.9. The topological polar surface area (TPSA) is 82.4 Å². The van der Waals surface area contributed by atoms with Crippen LogP contribution in [0.15, 0.2) is 46.9 Å². The molecule has 0 spiro atoms. The minimum atomic E-state index is -1.19. The largest absolute Gasteiger partial charge is 0.550 e. The van der Waals surface area contributed by atoms with Crippen molar-refractivity contribution < 1.29 is 23.6 Å². The van der Waals surface area contributed by atoms with Gasteiger partial charge in [0, 0.05) is 18.8 Å². The van der Waals surface area contributed by atoms with Crippen LogP contribution in [0.5, 0.6) is 0 Å². The molecule has 0 radical (unpaired) electrons. The van der Waals surface area contributed by atoms with Crippen molar-refractivity contribution in [3.8, 4) is 0 Å². The monoisotopic (exact) mass is 358 g/mol. The zero-order valence-electron chi connectivity index (χ0n) is 15.5. The maximum atomic E-state index is 12.4. The predicted molar refractivity (Wildman–Crippen MR) is 96.3 cm³/mol. The normalized spacial score (nSPS) is 12.6. The van der Waals surface area contributed by atoms with Gasteiger partial charge in [0.05, 0.1) is 33.7 Å². The lowest BCUT2D eigenvalue weighted by atomic mass is 10.1. The van der Waals surface area contributed by atoms with Crippen LogP contribution in [-0.2, 0) is 17.6 Å². The van der Waals surface area contributed by atoms with E-state index in [4.69, 9.17) is 4.42 Å². The van der Waals surface area contributed by atoms with Crippen LogP contribution in [0, 0.1) is 0 Å². The van der Waals surface area contributed by atoms with Gasteiger partial charge in [-0.1, -0.05) is 30.3 Å². The second-order valence-corrected chi connectivity index (χ2v) is 7.47. The number of amides is 1. The van der Waals surface area contributed by atoms with E-state index in [9.17, 15) is 14.7 Å². The van der Waals surface area contributed by atoms with Gasteiger partial charge in [-0.2, -0.15) is 0 Å². The maximum absolute atomic E-state index is 12.4. The molecule has 0 aliphatic heterocycles. The van der Waals surface area contributed by atoms with Crippen molar-refractivity contribution in [1.82, 2.24) is 5.32 Å². The summed E-state index contributed by atoms with van der Waals surface area (Å²) in [5.74, 6) is -0.678. The minimum Gasteiger partial charge on any atom is -0.550 e. The number of rotatable bonds is 9. The predicted octanol–water partition coefficient (Wildman–Crippen LogP) is 1.01. The number of aryl methyl sites for hydroxylation is 2. The van der Waals surface area contributed by atoms with Gasteiger partial charge in [0.2, 0.25) is 0 Å². The fourth-order valence-corrected chi connectivity index (χ4v) is 2.83. The number of quaternary nitrogens is 1. The summed E-state index contributed by atoms with van der Waals surface area (Å²) in [6.45, 7) is 0.474. The first kappa shape index (κ1) is 19.7. The summed E-state index contributed by atoms with van der Waals surface area (Å²) in [5, 5.41) is 13.7. The zero-order valence-corrected chi connectivity index (χ0v) is 15.5. The molecule has 0 saturated heterocycles. The molecular weight excluding hydrogens is 332 g/mol. The van der Waals surface area contributed by atoms with Gasteiger partial charge < -0.3 is 24.1 Å². The quantitative estimate of drug-likeness (QED) is 0.678. The van der Waals surface area contributed by atoms with Crippen LogP contribution in [0.2, 0.25) is 0 Å². The Labute approximate surface area is 154 Å². The Bertz CT molecular complexity index is 732. The number of carbonyl (C=O) groups excluding carboxylic acids is 2. The highest BCUT2D eigenvalue weighted by atomic mass is 16.4. The van der Waals surface area contributed by atoms with Crippen molar-refractivity contribution >= 4 is 11.9 Å². The van der Waals surface area contributed by atoms with Gasteiger partial charge in [0.1, 0.15) is 5.76 Å². The van der Waals surface area contributed by atoms with Crippen molar-refractivity contribution in [2.24, 2.45) is 0 Å². The van der Waals surface area contributed by atoms with E-state index in [1.165, 1.54) is 5.56 Å². The van der Waals surface area contributed by atoms with Gasteiger partial charge in [-0.05, 0) is 24.1 Å². The van der Waals surface area contributed by atoms with Crippen LogP contribution < -0.4 is 10.4 Å². The second-order valence-electron chi connectivity index (χ2n) is 7.47. The van der Waals surface area contributed by atoms with E-state index in [0.29, 0.717) is 17.4 Å². The lowest BCUT2D eigenvalue weighted by Crippen LogP contribution is -2.50. The average molecular weight is 358 g/mol. The Balaban J connectivity index is 1.95. The van der Waals surface area contributed by atoms with Gasteiger partial charge in [0.25, 0.3) is 5.91 Å². The number of likely N-dealkylation sites (N-methyl/N-ethyl adjacent to an activating group) is 1. The van der Waals surface area contributed by atoms with Crippen LogP contribution in [-0.4, -0.2) is 50.1 Å². The van der Waals surface area contributed by atoms with Gasteiger partial charge in [-0.3, -0.25) is 4.79 Å². The van der Waals surface area contributed by atoms with Crippen LogP contribution in [0.1, 0.15) is 28.3 Å². The third kappa shape index (κ3) is 6.72. The molecule has 2 rings (SSSR count). The number of nitrogens with one attached hydrogen (secondary N) is 1. The standard InChI is InChI=1S/C20H26N2O4/c1-22(2,3)14-16(13-19(23)24)21-20(25)18-12-11-17(26-18)10-9-15-7-5-4-6-8-15/h4-8,11-12,16H,9-10,13-14H2,1-3H3,(H-,21,23,24,25). The Morgan fingerprint density at radius 3 is 2.38 bits per heavy atom. The van der Waals surface area contributed by atoms with Crippen molar-refractivity contribution in [2.45, 2.75) is 25.3 Å². The third-order valence-corrected chi connectivity index (χ3v) is 3.90. The summed E-state index contributed by atoms with van der Waals surface area (Å²) >= 11 is 0. The van der Waals surface area contributed by atoms with Gasteiger partial charge in [-0.15, -0.1) is 0 Å². The number of aliphatic carboxylic acids is 1. The number of carbonyl (C=O) groups is 2. The highest BCUT2D eigenvalue weighted by Gasteiger charge is 2.22. The molecule has 0 aliphatic rings. The Morgan fingerprint density at radius 1 is 1.08 bits per heavy atom. The fraction of sp³-hybridized carbons (Fsp3) is 0.400. The summed E-state index contributed by atoms with van der Waals surface area (Å²) in [6.07, 6.45) is 1.28. The smallest absolute Gasteiger partial charge is 0.287 e. The van der Waals surface area contributed by atoms with E-state index in [1.54, 1.807) is 12.1 Å². The van der Waals surface area contributed by atoms with Crippen LogP contribution in [0.4, 0.5) is 0 Å². The molecule has 26 heavy (non-hydrogen) atoms. The third-order valence-electron chi connectivity index (χ3n) is 3.90. The molecule has 1 unspecified atom stereocenters. The first-order valence-electron chi connectivity index (χ1n) is 8.67. The number of hydrogen-bond acceptors (Lipinski definition) is 4. The molecule has 0 aliphatic carbocycles. The van der Waals surface area contributed by atoms with Crippen LogP contribution in [0.25, 0.3) is 0 Å². The van der Waals surface area contributed by atoms with Gasteiger partial charge in [0.15, 0.2) is 5.76 Å². The van der Waals surface area contributed by atoms with Gasteiger partial charge >= 0.3 is 0 Å². The summed E-state index contributed by atoms with van der Waals surface area (Å²) in [4.78, 5) is 23.3. The molecule has 140 valence electrons. The SMILES string of the molecule is C[N+](C)(C)CC(CC(=O)[O-])NC(=O)c1ccc(CCc2ccccc2)o1. The number of nitrogens with zero attached hydrogens (tertiary/aromatic N) is 1. The minimum absolute atomic E-state index is 0.192. The fourth-order valence-electron chi connectivity index (χ4n) is 2.83. The van der Waals surface area contributed by atoms with Crippen molar-refractivity contribution in [3.63, 3.8) is 0 Å². The number of benzene rings is 1. The Hall–Kier alpha value is -2.60. The molecule has 6 heteroatoms. The van der Waals surface area contributed by atoms with Gasteiger partial charge in [-0.25, -0.2) is 0 Å². The van der Waals surface area contributed by atoms with E-state index < -0.39 is 17.9 Å². The molecule has 6 nitrogen and oxygen atoms in total. The summed E-state index contributed by atoms with van der Waals surface area (Å²) < 4.78 is 6.15. The summed E-state index contributed by atoms with van der Waals surface area (Å²) in [5.41, 5.74) is 1.20. The van der Waals surface area contributed by atoms with E-state index in [-0.39, 0.29) is 12.2 Å². The molecule has 0 bridgehead atoms. The first-order valence-corrected chi connectivity index (χ1v) is 8.67. The van der Waals surface area contributed by atoms with E-state index in [0.717, 1.165) is 12.2 Å². The molecule has 1 amide bonds. The van der Waals surface area contributed by atoms with E-state index >= 15 is 0 Å². The average Bonchev–Trinajstić information content (AvgIpc) is 3.00. The number of furan rings is 1. The molecular formula is C20H26N2O4. The lowest BCUT2D eigenvalue weighted by Gasteiger charge is -2.29. The molecule has 0 fully saturated rings. The maximum Gasteiger partial charge on any atom is 0.287 e. The van der Waals surface area contributed by atoms with E-state index in [1.807, 2.05) is 51.5 Å². The molecule has 2 aromatic rings. The zero-order chi connectivity index (χ0) is 19.2. The highest BCUT2D eigenvalue weighted by molar-refractivity contribution is 5.91. The number of carboxylic acids is 1. The number of carboxylic acid groups (broad SMARTS) is 1. The van der Waals surface area contributed by atoms with Crippen LogP contribution >= 0.6 is 0 Å². The Kier molecular flexibility index (Phi) is 6.58. The molecule has 1 heterocycles. The molecule has 1 aromatic heterocycles. The van der Waals surface area contributed by atoms with E-state index in [2.05, 4.69) is 5.32 Å². The Morgan fingerprint density at radius 2 is 1.77 bits per heavy atom. The molecule has 1 aromatic carbocycles. The first-order chi connectivity index (χ1) is 12.2. The molecule has 1 atom stereocenters. The van der Waals surface area contributed by atoms with Crippen molar-refractivity contribution in [1.29, 1.82) is 0 Å². The second kappa shape index (κ2) is 8.67. The highest BCUT2D eigenvalue weighted by Crippen LogP contribution is 2.12. The summed E-state index contributed by atoms with van der Waals surface area (Å²) in [7, 11) is 5.80. The van der Waals surface area contributed by atoms with Crippen LogP contribution in [0.3, 0.4) is 0 Å². The molecule has 0 saturated carbocycles. The number of hydrogen-bond donors (Lipinski definition) is 1. The lowest BCUT2D eigenvalue weighted by molar-refractivity contribution is -0.871. The van der Waals surface area contributed by atoms with Crippen molar-refractivity contribution in [3.05, 3.63) is 59.5 Å². The molecule has 1 N–H and O–H groups in total.